The molecule has 0 N–H and O–H groups in total. The largest absolute Gasteiger partial charge is 0.456 e. The second-order valence-electron chi connectivity index (χ2n) is 4.22. The summed E-state index contributed by atoms with van der Waals surface area (Å²) in [6.45, 7) is 6.83. The zero-order chi connectivity index (χ0) is 13.5. The summed E-state index contributed by atoms with van der Waals surface area (Å²) in [4.78, 5) is 22.3. The van der Waals surface area contributed by atoms with Gasteiger partial charge in [-0.3, -0.25) is 4.79 Å². The maximum absolute atomic E-state index is 11.4. The quantitative estimate of drug-likeness (QED) is 0.440. The summed E-state index contributed by atoms with van der Waals surface area (Å²) in [5.41, 5.74) is 1.07. The first-order valence-electron chi connectivity index (χ1n) is 5.93. The summed E-state index contributed by atoms with van der Waals surface area (Å²) in [6, 6.07) is 9.75. The van der Waals surface area contributed by atoms with Crippen LogP contribution in [0.4, 0.5) is 0 Å². The van der Waals surface area contributed by atoms with E-state index in [4.69, 9.17) is 4.74 Å². The Morgan fingerprint density at radius 3 is 2.44 bits per heavy atom. The summed E-state index contributed by atoms with van der Waals surface area (Å²) in [5.74, 6) is -1.35. The number of hydrogen-bond donors (Lipinski definition) is 0. The van der Waals surface area contributed by atoms with Gasteiger partial charge in [0.25, 0.3) is 0 Å². The molecule has 2 unspecified atom stereocenters. The lowest BCUT2D eigenvalue weighted by Gasteiger charge is -2.23. The fraction of sp³-hybridized carbons (Fsp3) is 0.333. The molecule has 0 aliphatic rings. The average Bonchev–Trinajstić information content (AvgIpc) is 2.38. The van der Waals surface area contributed by atoms with Gasteiger partial charge in [-0.2, -0.15) is 0 Å². The molecule has 0 aliphatic carbocycles. The molecule has 0 radical (unpaired) electrons. The van der Waals surface area contributed by atoms with Crippen LogP contribution in [-0.2, 0) is 14.3 Å². The topological polar surface area (TPSA) is 43.4 Å². The van der Waals surface area contributed by atoms with Gasteiger partial charge in [0, 0.05) is 19.3 Å². The summed E-state index contributed by atoms with van der Waals surface area (Å²) in [5, 5.41) is 0. The van der Waals surface area contributed by atoms with Crippen molar-refractivity contribution in [2.45, 2.75) is 32.3 Å². The smallest absolute Gasteiger partial charge is 0.374 e. The van der Waals surface area contributed by atoms with Gasteiger partial charge in [-0.05, 0) is 5.56 Å². The van der Waals surface area contributed by atoms with E-state index in [2.05, 4.69) is 6.58 Å². The van der Waals surface area contributed by atoms with Crippen molar-refractivity contribution in [2.75, 3.05) is 0 Å². The predicted octanol–water partition coefficient (Wildman–Crippen LogP) is 2.87. The van der Waals surface area contributed by atoms with E-state index in [-0.39, 0.29) is 12.0 Å². The highest BCUT2D eigenvalue weighted by Crippen LogP contribution is 2.24. The van der Waals surface area contributed by atoms with E-state index < -0.39 is 11.8 Å². The van der Waals surface area contributed by atoms with E-state index in [1.54, 1.807) is 6.08 Å². The van der Waals surface area contributed by atoms with Gasteiger partial charge in [0.1, 0.15) is 6.10 Å². The molecule has 0 fully saturated rings. The third-order valence-corrected chi connectivity index (χ3v) is 2.83. The van der Waals surface area contributed by atoms with E-state index in [9.17, 15) is 9.59 Å². The van der Waals surface area contributed by atoms with Gasteiger partial charge >= 0.3 is 5.97 Å². The maximum atomic E-state index is 11.4. The number of ether oxygens (including phenoxy) is 1. The first-order valence-corrected chi connectivity index (χ1v) is 5.93. The highest BCUT2D eigenvalue weighted by Gasteiger charge is 2.23. The standard InChI is InChI=1S/C15H18O3/c1-4-8-14(18-15(17)12(3)16)11(2)13-9-6-5-7-10-13/h4-7,9-11,14H,1,8H2,2-3H3. The SMILES string of the molecule is C=CCC(OC(=O)C(C)=O)C(C)c1ccccc1. The molecule has 0 amide bonds. The van der Waals surface area contributed by atoms with E-state index in [1.165, 1.54) is 6.92 Å². The molecule has 0 heterocycles. The fourth-order valence-electron chi connectivity index (χ4n) is 1.71. The number of rotatable bonds is 6. The zero-order valence-electron chi connectivity index (χ0n) is 10.8. The second-order valence-corrected chi connectivity index (χ2v) is 4.22. The van der Waals surface area contributed by atoms with Crippen molar-refractivity contribution >= 4 is 11.8 Å². The highest BCUT2D eigenvalue weighted by atomic mass is 16.5. The number of hydrogen-bond acceptors (Lipinski definition) is 3. The molecular formula is C15H18O3. The van der Waals surface area contributed by atoms with Crippen LogP contribution in [-0.4, -0.2) is 17.9 Å². The first kappa shape index (κ1) is 14.2. The van der Waals surface area contributed by atoms with Gasteiger partial charge < -0.3 is 4.74 Å². The van der Waals surface area contributed by atoms with Gasteiger partial charge in [-0.1, -0.05) is 43.3 Å². The molecule has 2 atom stereocenters. The molecule has 18 heavy (non-hydrogen) atoms. The average molecular weight is 246 g/mol. The molecule has 0 spiro atoms. The molecule has 0 saturated carbocycles. The van der Waals surface area contributed by atoms with Crippen LogP contribution in [0.5, 0.6) is 0 Å². The lowest BCUT2D eigenvalue weighted by atomic mass is 9.93. The second kappa shape index (κ2) is 6.74. The van der Waals surface area contributed by atoms with Crippen LogP contribution >= 0.6 is 0 Å². The summed E-state index contributed by atoms with van der Waals surface area (Å²) < 4.78 is 5.21. The van der Waals surface area contributed by atoms with Crippen LogP contribution in [0.25, 0.3) is 0 Å². The minimum Gasteiger partial charge on any atom is -0.456 e. The molecule has 1 rings (SSSR count). The van der Waals surface area contributed by atoms with Crippen molar-refractivity contribution in [3.8, 4) is 0 Å². The third-order valence-electron chi connectivity index (χ3n) is 2.83. The van der Waals surface area contributed by atoms with E-state index in [1.807, 2.05) is 37.3 Å². The van der Waals surface area contributed by atoms with Crippen molar-refractivity contribution in [2.24, 2.45) is 0 Å². The third kappa shape index (κ3) is 3.84. The monoisotopic (exact) mass is 246 g/mol. The highest BCUT2D eigenvalue weighted by molar-refractivity contribution is 6.32. The van der Waals surface area contributed by atoms with Crippen LogP contribution < -0.4 is 0 Å². The van der Waals surface area contributed by atoms with Gasteiger partial charge in [-0.15, -0.1) is 6.58 Å². The maximum Gasteiger partial charge on any atom is 0.374 e. The van der Waals surface area contributed by atoms with Gasteiger partial charge in [-0.25, -0.2) is 4.79 Å². The molecular weight excluding hydrogens is 228 g/mol. The molecule has 1 aromatic rings. The van der Waals surface area contributed by atoms with Crippen LogP contribution in [0.1, 0.15) is 31.7 Å². The summed E-state index contributed by atoms with van der Waals surface area (Å²) in [7, 11) is 0. The normalized spacial score (nSPS) is 13.4. The Morgan fingerprint density at radius 1 is 1.33 bits per heavy atom. The number of benzene rings is 1. The van der Waals surface area contributed by atoms with Crippen molar-refractivity contribution < 1.29 is 14.3 Å². The van der Waals surface area contributed by atoms with Gasteiger partial charge in [0.05, 0.1) is 0 Å². The molecule has 0 aromatic heterocycles. The van der Waals surface area contributed by atoms with Crippen LogP contribution in [0.2, 0.25) is 0 Å². The van der Waals surface area contributed by atoms with Crippen molar-refractivity contribution in [3.63, 3.8) is 0 Å². The lowest BCUT2D eigenvalue weighted by molar-refractivity contribution is -0.157. The minimum atomic E-state index is -0.787. The molecule has 0 aliphatic heterocycles. The Kier molecular flexibility index (Phi) is 5.31. The summed E-state index contributed by atoms with van der Waals surface area (Å²) >= 11 is 0. The number of Topliss-reactive ketones (excluding diaryl/α,β-unsaturated/α-hetero) is 1. The Hall–Kier alpha value is -1.90. The predicted molar refractivity (Wildman–Crippen MR) is 70.2 cm³/mol. The Morgan fingerprint density at radius 2 is 1.94 bits per heavy atom. The molecule has 3 nitrogen and oxygen atoms in total. The van der Waals surface area contributed by atoms with Gasteiger partial charge in [0.2, 0.25) is 5.78 Å². The van der Waals surface area contributed by atoms with Crippen molar-refractivity contribution in [3.05, 3.63) is 48.6 Å². The minimum absolute atomic E-state index is 0.0208. The van der Waals surface area contributed by atoms with E-state index >= 15 is 0 Å². The molecule has 1 aromatic carbocycles. The van der Waals surface area contributed by atoms with Crippen molar-refractivity contribution in [1.82, 2.24) is 0 Å². The lowest BCUT2D eigenvalue weighted by Crippen LogP contribution is -2.26. The number of esters is 1. The van der Waals surface area contributed by atoms with E-state index in [0.717, 1.165) is 5.56 Å². The summed E-state index contributed by atoms with van der Waals surface area (Å²) in [6.07, 6.45) is 1.85. The van der Waals surface area contributed by atoms with Crippen LogP contribution in [0.3, 0.4) is 0 Å². The number of ketones is 1. The Balaban J connectivity index is 2.81. The molecule has 3 heteroatoms. The van der Waals surface area contributed by atoms with Crippen LogP contribution in [0.15, 0.2) is 43.0 Å². The molecule has 0 bridgehead atoms. The molecule has 0 saturated heterocycles. The number of carbonyl (C=O) groups is 2. The Labute approximate surface area is 107 Å². The van der Waals surface area contributed by atoms with Crippen LogP contribution in [0, 0.1) is 0 Å². The zero-order valence-corrected chi connectivity index (χ0v) is 10.8. The van der Waals surface area contributed by atoms with E-state index in [0.29, 0.717) is 6.42 Å². The first-order chi connectivity index (χ1) is 8.56. The van der Waals surface area contributed by atoms with Gasteiger partial charge in [0.15, 0.2) is 0 Å². The Bertz CT molecular complexity index is 423. The fourth-order valence-corrected chi connectivity index (χ4v) is 1.71. The number of carbonyl (C=O) groups excluding carboxylic acids is 2. The molecule has 96 valence electrons. The van der Waals surface area contributed by atoms with Crippen molar-refractivity contribution in [1.29, 1.82) is 0 Å².